The van der Waals surface area contributed by atoms with Crippen LogP contribution in [-0.2, 0) is 11.3 Å². The minimum absolute atomic E-state index is 0.164. The van der Waals surface area contributed by atoms with Gasteiger partial charge >= 0.3 is 0 Å². The number of carbonyl (C=O) groups excluding carboxylic acids is 1. The van der Waals surface area contributed by atoms with Crippen LogP contribution in [0.25, 0.3) is 11.0 Å². The van der Waals surface area contributed by atoms with Gasteiger partial charge in [-0.25, -0.2) is 4.98 Å². The van der Waals surface area contributed by atoms with Gasteiger partial charge in [0.15, 0.2) is 11.5 Å². The third-order valence-electron chi connectivity index (χ3n) is 5.38. The van der Waals surface area contributed by atoms with Crippen LogP contribution >= 0.6 is 0 Å². The number of nitrogens with zero attached hydrogens (tertiary/aromatic N) is 3. The Hall–Kier alpha value is -2.24. The fourth-order valence-electron chi connectivity index (χ4n) is 4.11. The number of imidazole rings is 1. The molecule has 0 N–H and O–H groups in total. The minimum Gasteiger partial charge on any atom is -0.486 e. The fraction of sp³-hybridized carbons (Fsp3) is 0.579. The maximum atomic E-state index is 13.0. The number of aryl methyl sites for hydroxylation is 1. The van der Waals surface area contributed by atoms with Crippen molar-refractivity contribution >= 4 is 16.9 Å². The van der Waals surface area contributed by atoms with E-state index in [-0.39, 0.29) is 5.91 Å². The van der Waals surface area contributed by atoms with Gasteiger partial charge in [-0.1, -0.05) is 0 Å². The first kappa shape index (κ1) is 16.2. The first-order chi connectivity index (χ1) is 12.0. The van der Waals surface area contributed by atoms with Crippen LogP contribution in [-0.4, -0.2) is 45.7 Å². The zero-order chi connectivity index (χ0) is 17.6. The highest BCUT2D eigenvalue weighted by atomic mass is 16.6. The van der Waals surface area contributed by atoms with Gasteiger partial charge < -0.3 is 18.9 Å². The van der Waals surface area contributed by atoms with E-state index < -0.39 is 0 Å². The number of carbonyl (C=O) groups is 1. The Morgan fingerprint density at radius 3 is 2.48 bits per heavy atom. The smallest absolute Gasteiger partial charge is 0.243 e. The van der Waals surface area contributed by atoms with E-state index in [1.807, 2.05) is 28.5 Å². The summed E-state index contributed by atoms with van der Waals surface area (Å²) in [5.74, 6) is 2.46. The van der Waals surface area contributed by atoms with Gasteiger partial charge in [0.25, 0.3) is 0 Å². The molecule has 0 unspecified atom stereocenters. The van der Waals surface area contributed by atoms with Gasteiger partial charge in [0.2, 0.25) is 5.91 Å². The Morgan fingerprint density at radius 1 is 1.16 bits per heavy atom. The molecule has 6 heteroatoms. The first-order valence-corrected chi connectivity index (χ1v) is 9.12. The number of benzene rings is 1. The number of ether oxygens (including phenoxy) is 2. The minimum atomic E-state index is 0.164. The van der Waals surface area contributed by atoms with E-state index in [1.165, 1.54) is 6.42 Å². The first-order valence-electron chi connectivity index (χ1n) is 9.12. The molecule has 0 radical (unpaired) electrons. The molecule has 2 atom stereocenters. The Morgan fingerprint density at radius 2 is 1.80 bits per heavy atom. The van der Waals surface area contributed by atoms with Crippen LogP contribution in [0.15, 0.2) is 12.1 Å². The number of amides is 1. The van der Waals surface area contributed by atoms with Crippen molar-refractivity contribution in [2.24, 2.45) is 0 Å². The molecule has 0 spiro atoms. The molecule has 1 fully saturated rings. The van der Waals surface area contributed by atoms with E-state index in [9.17, 15) is 4.79 Å². The summed E-state index contributed by atoms with van der Waals surface area (Å²) < 4.78 is 13.3. The number of hydrogen-bond donors (Lipinski definition) is 0. The van der Waals surface area contributed by atoms with E-state index in [1.54, 1.807) is 0 Å². The summed E-state index contributed by atoms with van der Waals surface area (Å²) >= 11 is 0. The molecule has 0 saturated carbocycles. The lowest BCUT2D eigenvalue weighted by molar-refractivity contribution is -0.137. The Labute approximate surface area is 147 Å². The lowest BCUT2D eigenvalue weighted by atomic mass is 9.97. The Kier molecular flexibility index (Phi) is 4.06. The molecule has 1 amide bonds. The predicted octanol–water partition coefficient (Wildman–Crippen LogP) is 2.91. The summed E-state index contributed by atoms with van der Waals surface area (Å²) in [6.07, 6.45) is 3.36. The van der Waals surface area contributed by atoms with Crippen molar-refractivity contribution in [3.05, 3.63) is 18.0 Å². The summed E-state index contributed by atoms with van der Waals surface area (Å²) in [5.41, 5.74) is 1.77. The summed E-state index contributed by atoms with van der Waals surface area (Å²) in [5, 5.41) is 0. The molecule has 2 aliphatic rings. The van der Waals surface area contributed by atoms with Crippen LogP contribution in [0.1, 0.15) is 38.9 Å². The summed E-state index contributed by atoms with van der Waals surface area (Å²) in [6, 6.07) is 4.45. The second-order valence-electron chi connectivity index (χ2n) is 7.16. The number of aromatic nitrogens is 2. The molecule has 1 saturated heterocycles. The predicted molar refractivity (Wildman–Crippen MR) is 95.1 cm³/mol. The highest BCUT2D eigenvalue weighted by molar-refractivity contribution is 5.84. The molecule has 1 aromatic heterocycles. The van der Waals surface area contributed by atoms with Crippen molar-refractivity contribution < 1.29 is 14.3 Å². The summed E-state index contributed by atoms with van der Waals surface area (Å²) in [7, 11) is 0. The lowest BCUT2D eigenvalue weighted by Gasteiger charge is -2.39. The normalized spacial score (nSPS) is 23.1. The molecule has 6 nitrogen and oxygen atoms in total. The van der Waals surface area contributed by atoms with Gasteiger partial charge in [0, 0.05) is 24.2 Å². The number of fused-ring (bicyclic) bond motifs is 2. The van der Waals surface area contributed by atoms with Gasteiger partial charge in [-0.05, 0) is 40.0 Å². The highest BCUT2D eigenvalue weighted by Gasteiger charge is 2.29. The molecule has 0 aliphatic carbocycles. The quantitative estimate of drug-likeness (QED) is 0.841. The summed E-state index contributed by atoms with van der Waals surface area (Å²) in [6.45, 7) is 7.66. The van der Waals surface area contributed by atoms with E-state index in [0.29, 0.717) is 31.8 Å². The molecule has 25 heavy (non-hydrogen) atoms. The molecular formula is C19H25N3O3. The molecule has 3 heterocycles. The Bertz CT molecular complexity index is 804. The van der Waals surface area contributed by atoms with E-state index >= 15 is 0 Å². The van der Waals surface area contributed by atoms with E-state index in [2.05, 4.69) is 18.8 Å². The van der Waals surface area contributed by atoms with Crippen LogP contribution in [0.3, 0.4) is 0 Å². The van der Waals surface area contributed by atoms with Gasteiger partial charge in [-0.2, -0.15) is 0 Å². The summed E-state index contributed by atoms with van der Waals surface area (Å²) in [4.78, 5) is 19.7. The van der Waals surface area contributed by atoms with Crippen molar-refractivity contribution in [2.45, 2.75) is 58.7 Å². The van der Waals surface area contributed by atoms with Gasteiger partial charge in [-0.15, -0.1) is 0 Å². The molecule has 1 aromatic carbocycles. The molecule has 2 aliphatic heterocycles. The molecule has 134 valence electrons. The van der Waals surface area contributed by atoms with Crippen LogP contribution in [0.5, 0.6) is 11.5 Å². The fourth-order valence-corrected chi connectivity index (χ4v) is 4.11. The third-order valence-corrected chi connectivity index (χ3v) is 5.38. The van der Waals surface area contributed by atoms with Gasteiger partial charge in [0.1, 0.15) is 25.6 Å². The topological polar surface area (TPSA) is 56.6 Å². The van der Waals surface area contributed by atoms with Crippen LogP contribution < -0.4 is 9.47 Å². The average molecular weight is 343 g/mol. The van der Waals surface area contributed by atoms with Crippen molar-refractivity contribution in [2.75, 3.05) is 13.2 Å². The average Bonchev–Trinajstić information content (AvgIpc) is 2.87. The van der Waals surface area contributed by atoms with E-state index in [0.717, 1.165) is 41.2 Å². The number of likely N-dealkylation sites (tertiary alicyclic amines) is 1. The van der Waals surface area contributed by atoms with Crippen LogP contribution in [0.4, 0.5) is 0 Å². The number of rotatable bonds is 2. The van der Waals surface area contributed by atoms with Gasteiger partial charge in [0.05, 0.1) is 11.0 Å². The van der Waals surface area contributed by atoms with Crippen molar-refractivity contribution in [3.63, 3.8) is 0 Å². The Balaban J connectivity index is 1.66. The van der Waals surface area contributed by atoms with Crippen LogP contribution in [0.2, 0.25) is 0 Å². The van der Waals surface area contributed by atoms with Crippen molar-refractivity contribution in [1.82, 2.24) is 14.5 Å². The molecular weight excluding hydrogens is 318 g/mol. The zero-order valence-corrected chi connectivity index (χ0v) is 15.1. The lowest BCUT2D eigenvalue weighted by Crippen LogP contribution is -2.48. The molecule has 0 bridgehead atoms. The second kappa shape index (κ2) is 6.24. The SMILES string of the molecule is Cc1nc2cc3c(cc2n1CC(=O)N1[C@H](C)CCC[C@@H]1C)OCCO3. The highest BCUT2D eigenvalue weighted by Crippen LogP contribution is 2.35. The molecule has 4 rings (SSSR count). The van der Waals surface area contributed by atoms with E-state index in [4.69, 9.17) is 9.47 Å². The maximum Gasteiger partial charge on any atom is 0.243 e. The largest absolute Gasteiger partial charge is 0.486 e. The van der Waals surface area contributed by atoms with Gasteiger partial charge in [-0.3, -0.25) is 4.79 Å². The number of piperidine rings is 1. The van der Waals surface area contributed by atoms with Crippen LogP contribution in [0, 0.1) is 6.92 Å². The number of hydrogen-bond acceptors (Lipinski definition) is 4. The third kappa shape index (κ3) is 2.83. The second-order valence-corrected chi connectivity index (χ2v) is 7.16. The molecule has 2 aromatic rings. The van der Waals surface area contributed by atoms with Crippen molar-refractivity contribution in [3.8, 4) is 11.5 Å². The van der Waals surface area contributed by atoms with Crippen molar-refractivity contribution in [1.29, 1.82) is 0 Å². The standard InChI is InChI=1S/C19H25N3O3/c1-12-5-4-6-13(2)22(12)19(23)11-21-14(3)20-15-9-17-18(10-16(15)21)25-8-7-24-17/h9-10,12-13H,4-8,11H2,1-3H3/t12-,13+. The zero-order valence-electron chi connectivity index (χ0n) is 15.1. The monoisotopic (exact) mass is 343 g/mol. The maximum absolute atomic E-state index is 13.0.